The molecule has 1 aliphatic heterocycles. The van der Waals surface area contributed by atoms with Crippen LogP contribution in [0.2, 0.25) is 0 Å². The first kappa shape index (κ1) is 57.2. The molecule has 408 valence electrons. The molecule has 4 fully saturated rings. The third kappa shape index (κ3) is 11.3. The summed E-state index contributed by atoms with van der Waals surface area (Å²) in [4.78, 5) is 81.4. The zero-order valence-electron chi connectivity index (χ0n) is 44.2. The van der Waals surface area contributed by atoms with Gasteiger partial charge in [0.1, 0.15) is 24.5 Å². The molecule has 0 radical (unpaired) electrons. The monoisotopic (exact) mass is 1060 g/mol. The maximum absolute atomic E-state index is 18.0. The van der Waals surface area contributed by atoms with Crippen LogP contribution in [0.25, 0.3) is 0 Å². The van der Waals surface area contributed by atoms with Crippen molar-refractivity contribution < 1.29 is 58.0 Å². The van der Waals surface area contributed by atoms with E-state index in [-0.39, 0.29) is 43.0 Å². The fourth-order valence-corrected chi connectivity index (χ4v) is 13.7. The zero-order chi connectivity index (χ0) is 54.6. The number of ketones is 1. The summed E-state index contributed by atoms with van der Waals surface area (Å²) in [7, 11) is 0. The number of hydrogen-bond donors (Lipinski definition) is 8. The number of aliphatic hydroxyl groups excluding tert-OH is 2. The van der Waals surface area contributed by atoms with Gasteiger partial charge in [-0.25, -0.2) is 9.37 Å². The minimum absolute atomic E-state index is 0.0444. The van der Waals surface area contributed by atoms with E-state index in [1.807, 2.05) is 71.1 Å². The summed E-state index contributed by atoms with van der Waals surface area (Å²) >= 11 is 1.30. The van der Waals surface area contributed by atoms with Gasteiger partial charge in [0.2, 0.25) is 23.6 Å². The van der Waals surface area contributed by atoms with Gasteiger partial charge in [-0.05, 0) is 108 Å². The van der Waals surface area contributed by atoms with Crippen molar-refractivity contribution in [1.82, 2.24) is 20.9 Å². The Morgan fingerprint density at radius 2 is 1.69 bits per heavy atom. The highest BCUT2D eigenvalue weighted by atomic mass is 32.2. The number of carboxylic acids is 1. The van der Waals surface area contributed by atoms with Gasteiger partial charge in [-0.15, -0.1) is 11.8 Å². The number of amides is 4. The van der Waals surface area contributed by atoms with Crippen LogP contribution < -0.4 is 26.6 Å². The van der Waals surface area contributed by atoms with Crippen LogP contribution in [0, 0.1) is 22.7 Å². The number of benzene rings is 1. The summed E-state index contributed by atoms with van der Waals surface area (Å²) in [5, 5.41) is 44.9. The van der Waals surface area contributed by atoms with Crippen molar-refractivity contribution in [3.05, 3.63) is 89.2 Å². The Bertz CT molecular complexity index is 2560. The zero-order valence-corrected chi connectivity index (χ0v) is 45.1. The van der Waals surface area contributed by atoms with Crippen molar-refractivity contribution in [2.24, 2.45) is 22.7 Å². The number of anilines is 2. The minimum Gasteiger partial charge on any atom is -0.481 e. The van der Waals surface area contributed by atoms with Gasteiger partial charge in [-0.1, -0.05) is 75.6 Å². The molecule has 7 rings (SSSR count). The van der Waals surface area contributed by atoms with Crippen molar-refractivity contribution in [3.8, 4) is 0 Å². The Balaban J connectivity index is 0.882. The van der Waals surface area contributed by atoms with Crippen LogP contribution in [0.1, 0.15) is 137 Å². The molecule has 4 aliphatic carbocycles. The number of halogens is 1. The number of aliphatic carboxylic acids is 1. The van der Waals surface area contributed by atoms with Crippen LogP contribution in [-0.4, -0.2) is 115 Å². The molecule has 4 amide bonds. The van der Waals surface area contributed by atoms with Gasteiger partial charge >= 0.3 is 5.97 Å². The quantitative estimate of drug-likeness (QED) is 0.0595. The summed E-state index contributed by atoms with van der Waals surface area (Å²) in [6.07, 6.45) is 10.00. The van der Waals surface area contributed by atoms with Crippen LogP contribution in [0.5, 0.6) is 0 Å². The van der Waals surface area contributed by atoms with Gasteiger partial charge in [0.25, 0.3) is 0 Å². The normalized spacial score (nSPS) is 30.9. The van der Waals surface area contributed by atoms with Gasteiger partial charge in [0.15, 0.2) is 23.3 Å². The Hall–Kier alpha value is -5.47. The van der Waals surface area contributed by atoms with Gasteiger partial charge < -0.3 is 51.4 Å². The highest BCUT2D eigenvalue weighted by Crippen LogP contribution is 2.72. The molecule has 5 aliphatic rings. The van der Waals surface area contributed by atoms with Crippen LogP contribution >= 0.6 is 11.8 Å². The fraction of sp³-hybridized carbons (Fsp3) is 0.589. The lowest BCUT2D eigenvalue weighted by atomic mass is 9.44. The van der Waals surface area contributed by atoms with E-state index in [0.29, 0.717) is 36.3 Å². The van der Waals surface area contributed by atoms with Crippen LogP contribution in [0.3, 0.4) is 0 Å². The van der Waals surface area contributed by atoms with E-state index in [1.165, 1.54) is 25.6 Å². The van der Waals surface area contributed by atoms with E-state index < -0.39 is 106 Å². The predicted molar refractivity (Wildman–Crippen MR) is 283 cm³/mol. The molecule has 2 aromatic rings. The number of allylic oxidation sites excluding steroid dienone is 6. The summed E-state index contributed by atoms with van der Waals surface area (Å²) < 4.78 is 31.2. The molecule has 0 spiro atoms. The van der Waals surface area contributed by atoms with Crippen molar-refractivity contribution >= 4 is 58.6 Å². The maximum atomic E-state index is 18.0. The SMILES string of the molecule is C/C=C1\C=C[C@@]2(C)C(=C1)CC[C@H]1[C@@H]3C[C@H]4O[C@@H](c5ccc(N[C@H](C)c6ccc(NC(=O)[C@H](C)NC(=O)[C@H](C)NC(=O)CCNC(=O)C(CC(=O)O)SC(C)CCCC)cc6)nc5)O[C@@]4(C(=O)CO)[C@@]3(C)C[C@H](O)[C@@]12F. The first-order chi connectivity index (χ1) is 35.5. The van der Waals surface area contributed by atoms with Gasteiger partial charge in [0.05, 0.1) is 23.9 Å². The third-order valence-electron chi connectivity index (χ3n) is 16.6. The van der Waals surface area contributed by atoms with Gasteiger partial charge in [-0.2, -0.15) is 0 Å². The minimum atomic E-state index is -1.98. The van der Waals surface area contributed by atoms with E-state index >= 15 is 4.39 Å². The molecular formula is C56H75FN6O11S. The number of thioether (sulfide) groups is 1. The molecule has 1 aromatic carbocycles. The molecule has 3 saturated carbocycles. The van der Waals surface area contributed by atoms with E-state index in [1.54, 1.807) is 30.5 Å². The van der Waals surface area contributed by atoms with Crippen molar-refractivity contribution in [3.63, 3.8) is 0 Å². The fourth-order valence-electron chi connectivity index (χ4n) is 12.4. The molecule has 2 unspecified atom stereocenters. The molecule has 8 N–H and O–H groups in total. The number of ether oxygens (including phenoxy) is 2. The average Bonchev–Trinajstić information content (AvgIpc) is 3.88. The molecule has 17 nitrogen and oxygen atoms in total. The molecule has 14 atom stereocenters. The van der Waals surface area contributed by atoms with E-state index in [4.69, 9.17) is 9.47 Å². The van der Waals surface area contributed by atoms with E-state index in [0.717, 1.165) is 36.0 Å². The first-order valence-corrected chi connectivity index (χ1v) is 27.3. The Morgan fingerprint density at radius 1 is 0.973 bits per heavy atom. The number of fused-ring (bicyclic) bond motifs is 7. The standard InChI is InChI=1S/C56H75FN6O11S/c1-9-11-12-31(3)75-42(27-48(68)69)51(72)58-24-22-47(67)61-33(5)49(70)62-34(6)50(71)63-39-17-13-36(14-18-39)32(4)60-46-20-15-37(29-59-46)52-73-45-26-41-40-19-16-38-25-35(10-2)21-23-53(38,7)55(40,57)43(65)28-54(41,8)56(45,74-52)44(66)30-64/h10,13-15,17-18,20-21,23,25,29,31-34,40-43,45,52,64-65H,9,11-12,16,19,22,24,26-28,30H2,1-8H3,(H,58,72)(H,59,60)(H,61,67)(H,62,70)(H,63,71)(H,68,69)/b35-10+/t31?,32-,33+,34+,40+,41+,42?,43+,45-,52-,53+,54+,55+,56-/m1/s1. The number of carbonyl (C=O) groups excluding carboxylic acids is 5. The number of carboxylic acid groups (broad SMARTS) is 1. The average molecular weight is 1060 g/mol. The Kier molecular flexibility index (Phi) is 17.9. The van der Waals surface area contributed by atoms with Crippen molar-refractivity contribution in [1.29, 1.82) is 0 Å². The molecule has 75 heavy (non-hydrogen) atoms. The topological polar surface area (TPSA) is 255 Å². The Labute approximate surface area is 443 Å². The molecule has 19 heteroatoms. The summed E-state index contributed by atoms with van der Waals surface area (Å²) in [6.45, 7) is 13.8. The summed E-state index contributed by atoms with van der Waals surface area (Å²) in [6, 6.07) is 8.47. The summed E-state index contributed by atoms with van der Waals surface area (Å²) in [5.41, 5.74) is -1.81. The number of nitrogens with one attached hydrogen (secondary N) is 5. The number of pyridine rings is 1. The van der Waals surface area contributed by atoms with E-state index in [2.05, 4.69) is 38.5 Å². The van der Waals surface area contributed by atoms with Crippen LogP contribution in [-0.2, 0) is 38.2 Å². The number of unbranched alkanes of at least 4 members (excludes halogenated alkanes) is 1. The number of aromatic nitrogens is 1. The molecule has 0 bridgehead atoms. The first-order valence-electron chi connectivity index (χ1n) is 26.3. The number of rotatable bonds is 22. The number of nitrogens with zero attached hydrogens (tertiary/aromatic N) is 1. The highest BCUT2D eigenvalue weighted by Gasteiger charge is 2.79. The lowest BCUT2D eigenvalue weighted by Gasteiger charge is -2.62. The van der Waals surface area contributed by atoms with Crippen LogP contribution in [0.4, 0.5) is 15.9 Å². The molecule has 1 aromatic heterocycles. The number of alkyl halides is 1. The number of Topliss-reactive ketones (excluding diaryl/α,β-unsaturated/α-hetero) is 1. The molecule has 2 heterocycles. The number of aliphatic hydroxyl groups is 2. The highest BCUT2D eigenvalue weighted by molar-refractivity contribution is 8.01. The van der Waals surface area contributed by atoms with Crippen molar-refractivity contribution in [2.75, 3.05) is 23.8 Å². The molecule has 1 saturated heterocycles. The summed E-state index contributed by atoms with van der Waals surface area (Å²) in [5.74, 6) is -4.10. The maximum Gasteiger partial charge on any atom is 0.305 e. The lowest BCUT2D eigenvalue weighted by molar-refractivity contribution is -0.231. The molecular weight excluding hydrogens is 984 g/mol. The lowest BCUT2D eigenvalue weighted by Crippen LogP contribution is -2.69. The van der Waals surface area contributed by atoms with Crippen LogP contribution in [0.15, 0.2) is 78.0 Å². The van der Waals surface area contributed by atoms with Gasteiger partial charge in [-0.3, -0.25) is 28.8 Å². The largest absolute Gasteiger partial charge is 0.481 e. The number of hydrogen-bond acceptors (Lipinski definition) is 13. The second-order valence-corrected chi connectivity index (χ2v) is 23.1. The third-order valence-corrected chi connectivity index (χ3v) is 18.0. The predicted octanol–water partition coefficient (Wildman–Crippen LogP) is 6.94. The second kappa shape index (κ2) is 23.4. The smallest absolute Gasteiger partial charge is 0.305 e. The second-order valence-electron chi connectivity index (χ2n) is 21.5. The van der Waals surface area contributed by atoms with Crippen molar-refractivity contribution in [2.45, 2.75) is 172 Å². The van der Waals surface area contributed by atoms with E-state index in [9.17, 15) is 44.1 Å². The number of carbonyl (C=O) groups is 6. The Morgan fingerprint density at radius 3 is 2.35 bits per heavy atom. The van der Waals surface area contributed by atoms with Gasteiger partial charge in [0, 0.05) is 58.5 Å².